The third-order valence-corrected chi connectivity index (χ3v) is 2.31. The highest BCUT2D eigenvalue weighted by atomic mass is 16.4. The fraction of sp³-hybridized carbons (Fsp3) is 0.417. The summed E-state index contributed by atoms with van der Waals surface area (Å²) >= 11 is 0. The molecule has 1 rings (SSSR count). The summed E-state index contributed by atoms with van der Waals surface area (Å²) in [5, 5.41) is 20.7. The Labute approximate surface area is 94.9 Å². The molecule has 0 atom stereocenters. The molecule has 0 saturated carbocycles. The van der Waals surface area contributed by atoms with Crippen LogP contribution >= 0.6 is 0 Å². The van der Waals surface area contributed by atoms with Gasteiger partial charge in [0.25, 0.3) is 0 Å². The second-order valence-corrected chi connectivity index (χ2v) is 3.71. The molecule has 0 spiro atoms. The van der Waals surface area contributed by atoms with Crippen LogP contribution in [0.3, 0.4) is 0 Å². The maximum absolute atomic E-state index is 11.0. The lowest BCUT2D eigenvalue weighted by atomic mass is 10.1. The minimum Gasteiger partial charge on any atom is -0.478 e. The van der Waals surface area contributed by atoms with E-state index in [1.165, 1.54) is 0 Å². The Hall–Kier alpha value is -1.55. The molecule has 1 aromatic rings. The molecule has 0 aliphatic carbocycles. The molecular weight excluding hydrogens is 206 g/mol. The van der Waals surface area contributed by atoms with Gasteiger partial charge in [0, 0.05) is 18.8 Å². The topological polar surface area (TPSA) is 69.6 Å². The highest BCUT2D eigenvalue weighted by molar-refractivity contribution is 5.94. The van der Waals surface area contributed by atoms with E-state index in [9.17, 15) is 4.79 Å². The highest BCUT2D eigenvalue weighted by Crippen LogP contribution is 2.17. The second-order valence-electron chi connectivity index (χ2n) is 3.71. The van der Waals surface area contributed by atoms with E-state index in [1.807, 2.05) is 13.0 Å². The number of hydrogen-bond acceptors (Lipinski definition) is 3. The number of carbonyl (C=O) groups is 1. The van der Waals surface area contributed by atoms with E-state index in [-0.39, 0.29) is 6.61 Å². The summed E-state index contributed by atoms with van der Waals surface area (Å²) in [6.45, 7) is 2.70. The number of rotatable bonds is 6. The molecule has 0 radical (unpaired) electrons. The number of carboxylic acid groups (broad SMARTS) is 1. The normalized spacial score (nSPS) is 10.1. The lowest BCUT2D eigenvalue weighted by molar-refractivity contribution is 0.0698. The SMILES string of the molecule is Cc1ccc(NCCCCO)c(C(=O)O)c1. The first-order valence-electron chi connectivity index (χ1n) is 5.34. The van der Waals surface area contributed by atoms with Crippen LogP contribution in [0.1, 0.15) is 28.8 Å². The van der Waals surface area contributed by atoms with Crippen LogP contribution in [0.25, 0.3) is 0 Å². The van der Waals surface area contributed by atoms with Gasteiger partial charge in [0.1, 0.15) is 0 Å². The molecule has 4 nitrogen and oxygen atoms in total. The molecule has 0 aromatic heterocycles. The Bertz CT molecular complexity index is 363. The number of aliphatic hydroxyl groups excluding tert-OH is 1. The first-order valence-corrected chi connectivity index (χ1v) is 5.34. The standard InChI is InChI=1S/C12H17NO3/c1-9-4-5-11(10(8-9)12(15)16)13-6-2-3-7-14/h4-5,8,13-14H,2-3,6-7H2,1H3,(H,15,16). The molecule has 0 fully saturated rings. The third-order valence-electron chi connectivity index (χ3n) is 2.31. The lowest BCUT2D eigenvalue weighted by Crippen LogP contribution is -2.08. The zero-order chi connectivity index (χ0) is 12.0. The van der Waals surface area contributed by atoms with E-state index in [2.05, 4.69) is 5.32 Å². The molecule has 3 N–H and O–H groups in total. The quantitative estimate of drug-likeness (QED) is 0.644. The van der Waals surface area contributed by atoms with Crippen molar-refractivity contribution >= 4 is 11.7 Å². The molecule has 1 aromatic carbocycles. The van der Waals surface area contributed by atoms with E-state index in [1.54, 1.807) is 12.1 Å². The lowest BCUT2D eigenvalue weighted by Gasteiger charge is -2.09. The van der Waals surface area contributed by atoms with E-state index in [4.69, 9.17) is 10.2 Å². The number of aryl methyl sites for hydroxylation is 1. The maximum atomic E-state index is 11.0. The summed E-state index contributed by atoms with van der Waals surface area (Å²) in [5.74, 6) is -0.923. The van der Waals surface area contributed by atoms with Crippen molar-refractivity contribution in [3.63, 3.8) is 0 Å². The molecule has 4 heteroatoms. The van der Waals surface area contributed by atoms with E-state index in [0.29, 0.717) is 17.8 Å². The summed E-state index contributed by atoms with van der Waals surface area (Å²) in [6, 6.07) is 5.30. The van der Waals surface area contributed by atoms with Crippen molar-refractivity contribution in [2.24, 2.45) is 0 Å². The first kappa shape index (κ1) is 12.5. The number of unbranched alkanes of at least 4 members (excludes halogenated alkanes) is 1. The van der Waals surface area contributed by atoms with Crippen molar-refractivity contribution in [2.45, 2.75) is 19.8 Å². The predicted octanol–water partition coefficient (Wildman–Crippen LogP) is 1.88. The van der Waals surface area contributed by atoms with Gasteiger partial charge in [0.2, 0.25) is 0 Å². The zero-order valence-electron chi connectivity index (χ0n) is 9.36. The van der Waals surface area contributed by atoms with Crippen LogP contribution in [-0.2, 0) is 0 Å². The number of aliphatic hydroxyl groups is 1. The zero-order valence-corrected chi connectivity index (χ0v) is 9.36. The van der Waals surface area contributed by atoms with Crippen LogP contribution in [0.4, 0.5) is 5.69 Å². The summed E-state index contributed by atoms with van der Waals surface area (Å²) in [6.07, 6.45) is 1.55. The molecule has 0 aliphatic heterocycles. The van der Waals surface area contributed by atoms with Crippen LogP contribution in [0.5, 0.6) is 0 Å². The molecule has 0 saturated heterocycles. The number of benzene rings is 1. The minimum absolute atomic E-state index is 0.168. The largest absolute Gasteiger partial charge is 0.478 e. The van der Waals surface area contributed by atoms with Gasteiger partial charge in [-0.2, -0.15) is 0 Å². The number of anilines is 1. The van der Waals surface area contributed by atoms with E-state index >= 15 is 0 Å². The van der Waals surface area contributed by atoms with Crippen molar-refractivity contribution in [1.82, 2.24) is 0 Å². The van der Waals surface area contributed by atoms with E-state index in [0.717, 1.165) is 18.4 Å². The monoisotopic (exact) mass is 223 g/mol. The Kier molecular flexibility index (Phi) is 4.79. The molecule has 0 heterocycles. The van der Waals surface area contributed by atoms with Gasteiger partial charge in [-0.1, -0.05) is 11.6 Å². The molecule has 88 valence electrons. The van der Waals surface area contributed by atoms with Crippen LogP contribution < -0.4 is 5.32 Å². The Morgan fingerprint density at radius 2 is 2.12 bits per heavy atom. The van der Waals surface area contributed by atoms with Gasteiger partial charge in [-0.15, -0.1) is 0 Å². The van der Waals surface area contributed by atoms with Gasteiger partial charge in [-0.05, 0) is 31.9 Å². The van der Waals surface area contributed by atoms with Crippen molar-refractivity contribution in [3.8, 4) is 0 Å². The molecule has 0 unspecified atom stereocenters. The van der Waals surface area contributed by atoms with Crippen molar-refractivity contribution < 1.29 is 15.0 Å². The Morgan fingerprint density at radius 3 is 2.75 bits per heavy atom. The number of aromatic carboxylic acids is 1. The number of hydrogen-bond donors (Lipinski definition) is 3. The molecule has 0 amide bonds. The van der Waals surface area contributed by atoms with Crippen LogP contribution in [0.2, 0.25) is 0 Å². The minimum atomic E-state index is -0.923. The second kappa shape index (κ2) is 6.12. The van der Waals surface area contributed by atoms with Crippen molar-refractivity contribution in [3.05, 3.63) is 29.3 Å². The van der Waals surface area contributed by atoms with Gasteiger partial charge in [0.05, 0.1) is 5.56 Å². The third kappa shape index (κ3) is 3.55. The smallest absolute Gasteiger partial charge is 0.337 e. The summed E-state index contributed by atoms with van der Waals surface area (Å²) < 4.78 is 0. The molecular formula is C12H17NO3. The number of carboxylic acids is 1. The van der Waals surface area contributed by atoms with Gasteiger partial charge >= 0.3 is 5.97 Å². The number of nitrogens with one attached hydrogen (secondary N) is 1. The molecule has 0 aliphatic rings. The van der Waals surface area contributed by atoms with Gasteiger partial charge in [-0.25, -0.2) is 4.79 Å². The van der Waals surface area contributed by atoms with Gasteiger partial charge in [0.15, 0.2) is 0 Å². The molecule has 16 heavy (non-hydrogen) atoms. The average Bonchev–Trinajstić information content (AvgIpc) is 2.26. The Morgan fingerprint density at radius 1 is 1.38 bits per heavy atom. The summed E-state index contributed by atoms with van der Waals surface area (Å²) in [5.41, 5.74) is 1.86. The van der Waals surface area contributed by atoms with Gasteiger partial charge < -0.3 is 15.5 Å². The van der Waals surface area contributed by atoms with Gasteiger partial charge in [-0.3, -0.25) is 0 Å². The predicted molar refractivity (Wildman–Crippen MR) is 62.9 cm³/mol. The van der Waals surface area contributed by atoms with Crippen molar-refractivity contribution in [2.75, 3.05) is 18.5 Å². The summed E-state index contributed by atoms with van der Waals surface area (Å²) in [7, 11) is 0. The maximum Gasteiger partial charge on any atom is 0.337 e. The average molecular weight is 223 g/mol. The van der Waals surface area contributed by atoms with Crippen LogP contribution in [0, 0.1) is 6.92 Å². The van der Waals surface area contributed by atoms with E-state index < -0.39 is 5.97 Å². The Balaban J connectivity index is 2.67. The molecule has 0 bridgehead atoms. The fourth-order valence-corrected chi connectivity index (χ4v) is 1.45. The first-order chi connectivity index (χ1) is 7.65. The highest BCUT2D eigenvalue weighted by Gasteiger charge is 2.09. The van der Waals surface area contributed by atoms with Crippen LogP contribution in [0.15, 0.2) is 18.2 Å². The fourth-order valence-electron chi connectivity index (χ4n) is 1.45. The van der Waals surface area contributed by atoms with Crippen LogP contribution in [-0.4, -0.2) is 29.3 Å². The summed E-state index contributed by atoms with van der Waals surface area (Å²) in [4.78, 5) is 11.0. The van der Waals surface area contributed by atoms with Crippen molar-refractivity contribution in [1.29, 1.82) is 0 Å².